The molecule has 6 nitrogen and oxygen atoms in total. The fraction of sp³-hybridized carbons (Fsp3) is 0.538. The fourth-order valence-corrected chi connectivity index (χ4v) is 2.99. The molecule has 0 spiro atoms. The Kier molecular flexibility index (Phi) is 5.11. The predicted octanol–water partition coefficient (Wildman–Crippen LogP) is 1.65. The minimum atomic E-state index is -0.00697. The predicted molar refractivity (Wildman–Crippen MR) is 82.2 cm³/mol. The van der Waals surface area contributed by atoms with E-state index in [0.717, 1.165) is 16.6 Å². The van der Waals surface area contributed by atoms with E-state index < -0.39 is 0 Å². The van der Waals surface area contributed by atoms with Crippen LogP contribution in [0.5, 0.6) is 0 Å². The molecule has 2 aromatic rings. The molecule has 0 fully saturated rings. The molecule has 1 unspecified atom stereocenters. The van der Waals surface area contributed by atoms with Crippen LogP contribution in [0.4, 0.5) is 11.8 Å². The van der Waals surface area contributed by atoms with Gasteiger partial charge in [0, 0.05) is 18.6 Å². The first-order chi connectivity index (χ1) is 9.67. The standard InChI is InChI=1S/C13H20N4O2S/c1-3-9-6-10-11(15-8(4-5-18)7-19-2)16-13(14)17-12(10)20-9/h6,8,18H,3-5,7H2,1-2H3,(H3,14,15,16,17). The number of nitrogens with zero attached hydrogens (tertiary/aromatic N) is 2. The summed E-state index contributed by atoms with van der Waals surface area (Å²) < 4.78 is 5.15. The van der Waals surface area contributed by atoms with E-state index >= 15 is 0 Å². The SMILES string of the molecule is CCc1cc2c(NC(CCO)COC)nc(N)nc2s1. The van der Waals surface area contributed by atoms with E-state index in [9.17, 15) is 0 Å². The molecule has 0 amide bonds. The highest BCUT2D eigenvalue weighted by Gasteiger charge is 2.14. The van der Waals surface area contributed by atoms with E-state index in [1.165, 1.54) is 4.88 Å². The van der Waals surface area contributed by atoms with Gasteiger partial charge in [-0.2, -0.15) is 4.98 Å². The average Bonchev–Trinajstić information content (AvgIpc) is 2.82. The molecule has 0 saturated carbocycles. The molecule has 0 saturated heterocycles. The summed E-state index contributed by atoms with van der Waals surface area (Å²) in [4.78, 5) is 10.7. The second kappa shape index (κ2) is 6.83. The van der Waals surface area contributed by atoms with Crippen molar-refractivity contribution in [2.75, 3.05) is 31.4 Å². The summed E-state index contributed by atoms with van der Waals surface area (Å²) in [7, 11) is 1.63. The van der Waals surface area contributed by atoms with Crippen molar-refractivity contribution in [2.45, 2.75) is 25.8 Å². The number of rotatable bonds is 7. The molecule has 1 atom stereocenters. The molecule has 0 aliphatic carbocycles. The summed E-state index contributed by atoms with van der Waals surface area (Å²) in [5, 5.41) is 13.4. The molecule has 7 heteroatoms. The van der Waals surface area contributed by atoms with E-state index in [1.54, 1.807) is 18.4 Å². The molecule has 0 radical (unpaired) electrons. The van der Waals surface area contributed by atoms with E-state index in [2.05, 4.69) is 28.3 Å². The summed E-state index contributed by atoms with van der Waals surface area (Å²) in [6.07, 6.45) is 1.54. The lowest BCUT2D eigenvalue weighted by Gasteiger charge is -2.18. The van der Waals surface area contributed by atoms with Gasteiger partial charge in [-0.3, -0.25) is 0 Å². The fourth-order valence-electron chi connectivity index (χ4n) is 2.02. The number of methoxy groups -OCH3 is 1. The Morgan fingerprint density at radius 1 is 1.50 bits per heavy atom. The van der Waals surface area contributed by atoms with Crippen LogP contribution in [0.3, 0.4) is 0 Å². The average molecular weight is 296 g/mol. The Balaban J connectivity index is 2.33. The maximum absolute atomic E-state index is 9.10. The van der Waals surface area contributed by atoms with Crippen molar-refractivity contribution < 1.29 is 9.84 Å². The number of nitrogens with two attached hydrogens (primary N) is 1. The van der Waals surface area contributed by atoms with Gasteiger partial charge >= 0.3 is 0 Å². The van der Waals surface area contributed by atoms with Crippen LogP contribution in [-0.2, 0) is 11.2 Å². The zero-order valence-corrected chi connectivity index (χ0v) is 12.5. The van der Waals surface area contributed by atoms with Crippen molar-refractivity contribution in [3.63, 3.8) is 0 Å². The molecule has 4 N–H and O–H groups in total. The van der Waals surface area contributed by atoms with Crippen LogP contribution < -0.4 is 11.1 Å². The Labute approximate surface area is 122 Å². The topological polar surface area (TPSA) is 93.3 Å². The molecule has 2 heterocycles. The zero-order valence-electron chi connectivity index (χ0n) is 11.7. The van der Waals surface area contributed by atoms with Gasteiger partial charge in [0.25, 0.3) is 0 Å². The van der Waals surface area contributed by atoms with E-state index in [1.807, 2.05) is 0 Å². The van der Waals surface area contributed by atoms with Gasteiger partial charge in [-0.05, 0) is 18.9 Å². The molecular formula is C13H20N4O2S. The Morgan fingerprint density at radius 2 is 2.30 bits per heavy atom. The largest absolute Gasteiger partial charge is 0.396 e. The van der Waals surface area contributed by atoms with Gasteiger partial charge in [-0.25, -0.2) is 4.98 Å². The van der Waals surface area contributed by atoms with Gasteiger partial charge in [0.1, 0.15) is 10.6 Å². The zero-order chi connectivity index (χ0) is 14.5. The summed E-state index contributed by atoms with van der Waals surface area (Å²) in [5.74, 6) is 0.962. The number of nitrogen functional groups attached to an aromatic ring is 1. The lowest BCUT2D eigenvalue weighted by molar-refractivity contribution is 0.170. The first kappa shape index (κ1) is 15.0. The normalized spacial score (nSPS) is 12.8. The summed E-state index contributed by atoms with van der Waals surface area (Å²) in [6.45, 7) is 2.69. The van der Waals surface area contributed by atoms with Crippen molar-refractivity contribution in [2.24, 2.45) is 0 Å². The van der Waals surface area contributed by atoms with Gasteiger partial charge in [0.2, 0.25) is 5.95 Å². The third kappa shape index (κ3) is 3.36. The number of nitrogens with one attached hydrogen (secondary N) is 1. The lowest BCUT2D eigenvalue weighted by Crippen LogP contribution is -2.26. The number of anilines is 2. The number of aliphatic hydroxyl groups excluding tert-OH is 1. The summed E-state index contributed by atoms with van der Waals surface area (Å²) >= 11 is 1.63. The number of aromatic nitrogens is 2. The monoisotopic (exact) mass is 296 g/mol. The molecule has 0 aliphatic heterocycles. The van der Waals surface area contributed by atoms with Crippen LogP contribution in [-0.4, -0.2) is 41.4 Å². The van der Waals surface area contributed by atoms with Crippen LogP contribution in [0.25, 0.3) is 10.2 Å². The van der Waals surface area contributed by atoms with E-state index in [4.69, 9.17) is 15.6 Å². The van der Waals surface area contributed by atoms with Gasteiger partial charge < -0.3 is 20.9 Å². The minimum Gasteiger partial charge on any atom is -0.396 e. The second-order valence-corrected chi connectivity index (χ2v) is 5.64. The molecule has 110 valence electrons. The van der Waals surface area contributed by atoms with Gasteiger partial charge in [0.15, 0.2) is 0 Å². The van der Waals surface area contributed by atoms with E-state index in [0.29, 0.717) is 18.8 Å². The number of ether oxygens (including phenoxy) is 1. The number of fused-ring (bicyclic) bond motifs is 1. The molecule has 0 bridgehead atoms. The van der Waals surface area contributed by atoms with Crippen molar-refractivity contribution >= 4 is 33.3 Å². The number of hydrogen-bond donors (Lipinski definition) is 3. The summed E-state index contributed by atoms with van der Waals surface area (Å²) in [5.41, 5.74) is 5.76. The number of thiophene rings is 1. The Hall–Kier alpha value is -1.44. The summed E-state index contributed by atoms with van der Waals surface area (Å²) in [6, 6.07) is 2.08. The maximum atomic E-state index is 9.10. The smallest absolute Gasteiger partial charge is 0.223 e. The first-order valence-corrected chi connectivity index (χ1v) is 7.41. The van der Waals surface area contributed by atoms with Crippen molar-refractivity contribution in [3.8, 4) is 0 Å². The molecule has 2 rings (SSSR count). The highest BCUT2D eigenvalue weighted by molar-refractivity contribution is 7.18. The second-order valence-electron chi connectivity index (χ2n) is 4.52. The molecule has 2 aromatic heterocycles. The highest BCUT2D eigenvalue weighted by Crippen LogP contribution is 2.30. The Morgan fingerprint density at radius 3 is 2.95 bits per heavy atom. The molecule has 20 heavy (non-hydrogen) atoms. The number of hydrogen-bond acceptors (Lipinski definition) is 7. The van der Waals surface area contributed by atoms with Crippen molar-refractivity contribution in [1.82, 2.24) is 9.97 Å². The number of aliphatic hydroxyl groups is 1. The number of aryl methyl sites for hydroxylation is 1. The molecule has 0 aliphatic rings. The third-order valence-electron chi connectivity index (χ3n) is 3.00. The van der Waals surface area contributed by atoms with Crippen molar-refractivity contribution in [3.05, 3.63) is 10.9 Å². The minimum absolute atomic E-state index is 0.00697. The van der Waals surface area contributed by atoms with Gasteiger partial charge in [-0.15, -0.1) is 11.3 Å². The van der Waals surface area contributed by atoms with Crippen LogP contribution in [0, 0.1) is 0 Å². The van der Waals surface area contributed by atoms with Gasteiger partial charge in [-0.1, -0.05) is 6.92 Å². The quantitative estimate of drug-likeness (QED) is 0.719. The van der Waals surface area contributed by atoms with Crippen LogP contribution in [0.2, 0.25) is 0 Å². The lowest BCUT2D eigenvalue weighted by atomic mass is 10.2. The molecule has 0 aromatic carbocycles. The third-order valence-corrected chi connectivity index (χ3v) is 4.17. The van der Waals surface area contributed by atoms with Gasteiger partial charge in [0.05, 0.1) is 18.0 Å². The van der Waals surface area contributed by atoms with Crippen molar-refractivity contribution in [1.29, 1.82) is 0 Å². The van der Waals surface area contributed by atoms with Crippen LogP contribution in [0.15, 0.2) is 6.07 Å². The van der Waals surface area contributed by atoms with Crippen LogP contribution >= 0.6 is 11.3 Å². The maximum Gasteiger partial charge on any atom is 0.223 e. The Bertz CT molecular complexity index is 567. The molecular weight excluding hydrogens is 276 g/mol. The van der Waals surface area contributed by atoms with Crippen LogP contribution in [0.1, 0.15) is 18.2 Å². The van der Waals surface area contributed by atoms with E-state index in [-0.39, 0.29) is 18.6 Å². The highest BCUT2D eigenvalue weighted by atomic mass is 32.1. The first-order valence-electron chi connectivity index (χ1n) is 6.60.